The first-order chi connectivity index (χ1) is 13.2. The number of halogens is 4. The first kappa shape index (κ1) is 20.3. The number of aryl methyl sites for hydroxylation is 1. The number of carbonyl (C=O) groups is 1. The highest BCUT2D eigenvalue weighted by Crippen LogP contribution is 2.45. The van der Waals surface area contributed by atoms with Crippen LogP contribution in [0.2, 0.25) is 0 Å². The summed E-state index contributed by atoms with van der Waals surface area (Å²) in [5.74, 6) is -0.405. The van der Waals surface area contributed by atoms with Crippen LogP contribution in [0.4, 0.5) is 13.2 Å². The SMILES string of the molecule is CC(=O)C(c1ccc(Br)cc1)(c1ccnc(C)c1)c1ccccc1C(F)(F)F. The van der Waals surface area contributed by atoms with E-state index in [1.165, 1.54) is 31.3 Å². The van der Waals surface area contributed by atoms with Gasteiger partial charge in [0.25, 0.3) is 0 Å². The van der Waals surface area contributed by atoms with Crippen molar-refractivity contribution < 1.29 is 18.0 Å². The van der Waals surface area contributed by atoms with Crippen LogP contribution in [-0.4, -0.2) is 10.8 Å². The average Bonchev–Trinajstić information content (AvgIpc) is 2.63. The van der Waals surface area contributed by atoms with Gasteiger partial charge in [0.2, 0.25) is 0 Å². The molecule has 28 heavy (non-hydrogen) atoms. The van der Waals surface area contributed by atoms with Crippen LogP contribution in [0.15, 0.2) is 71.3 Å². The molecule has 0 amide bonds. The number of hydrogen-bond donors (Lipinski definition) is 0. The molecule has 3 aromatic rings. The molecule has 0 spiro atoms. The van der Waals surface area contributed by atoms with Crippen LogP contribution in [0.3, 0.4) is 0 Å². The molecular formula is C22H17BrF3NO. The summed E-state index contributed by atoms with van der Waals surface area (Å²) in [5, 5.41) is 0. The highest BCUT2D eigenvalue weighted by molar-refractivity contribution is 9.10. The van der Waals surface area contributed by atoms with Gasteiger partial charge in [0.05, 0.1) is 5.56 Å². The fourth-order valence-electron chi connectivity index (χ4n) is 3.61. The Morgan fingerprint density at radius 2 is 1.54 bits per heavy atom. The Morgan fingerprint density at radius 1 is 0.929 bits per heavy atom. The molecule has 1 aromatic heterocycles. The van der Waals surface area contributed by atoms with Gasteiger partial charge in [-0.05, 0) is 60.9 Å². The second-order valence-corrected chi connectivity index (χ2v) is 7.46. The number of aromatic nitrogens is 1. The number of rotatable bonds is 4. The summed E-state index contributed by atoms with van der Waals surface area (Å²) in [5.41, 5.74) is -1.01. The predicted molar refractivity (Wildman–Crippen MR) is 105 cm³/mol. The average molecular weight is 448 g/mol. The molecule has 1 unspecified atom stereocenters. The molecule has 0 saturated heterocycles. The smallest absolute Gasteiger partial charge is 0.298 e. The summed E-state index contributed by atoms with van der Waals surface area (Å²) in [4.78, 5) is 17.3. The molecule has 0 fully saturated rings. The fourth-order valence-corrected chi connectivity index (χ4v) is 3.87. The second-order valence-electron chi connectivity index (χ2n) is 6.54. The molecule has 0 aliphatic heterocycles. The summed E-state index contributed by atoms with van der Waals surface area (Å²) in [6.07, 6.45) is -3.09. The van der Waals surface area contributed by atoms with Crippen LogP contribution in [0.25, 0.3) is 0 Å². The molecule has 3 rings (SSSR count). The largest absolute Gasteiger partial charge is 0.416 e. The maximum absolute atomic E-state index is 13.9. The third-order valence-corrected chi connectivity index (χ3v) is 5.30. The normalized spacial score (nSPS) is 13.8. The number of hydrogen-bond acceptors (Lipinski definition) is 2. The lowest BCUT2D eigenvalue weighted by Gasteiger charge is -2.35. The Kier molecular flexibility index (Phi) is 5.44. The fraction of sp³-hybridized carbons (Fsp3) is 0.182. The van der Waals surface area contributed by atoms with E-state index in [0.29, 0.717) is 16.8 Å². The van der Waals surface area contributed by atoms with Crippen LogP contribution >= 0.6 is 15.9 Å². The van der Waals surface area contributed by atoms with Crippen molar-refractivity contribution in [2.24, 2.45) is 0 Å². The second kappa shape index (κ2) is 7.51. The van der Waals surface area contributed by atoms with Crippen LogP contribution in [0.1, 0.15) is 34.9 Å². The standard InChI is InChI=1S/C22H17BrF3NO/c1-14-13-17(11-12-27-14)21(15(2)28,16-7-9-18(23)10-8-16)19-5-3-4-6-20(19)22(24,25)26/h3-13H,1-2H3. The quantitative estimate of drug-likeness (QED) is 0.483. The summed E-state index contributed by atoms with van der Waals surface area (Å²) in [6, 6.07) is 15.3. The minimum atomic E-state index is -4.60. The maximum Gasteiger partial charge on any atom is 0.416 e. The van der Waals surface area contributed by atoms with Gasteiger partial charge in [-0.3, -0.25) is 9.78 Å². The molecule has 1 heterocycles. The van der Waals surface area contributed by atoms with Crippen molar-refractivity contribution in [3.05, 3.63) is 99.3 Å². The van der Waals surface area contributed by atoms with Crippen molar-refractivity contribution >= 4 is 21.7 Å². The molecule has 144 valence electrons. The van der Waals surface area contributed by atoms with Crippen molar-refractivity contribution in [1.82, 2.24) is 4.98 Å². The van der Waals surface area contributed by atoms with Gasteiger partial charge >= 0.3 is 6.18 Å². The van der Waals surface area contributed by atoms with Crippen molar-refractivity contribution in [3.63, 3.8) is 0 Å². The van der Waals surface area contributed by atoms with E-state index in [4.69, 9.17) is 0 Å². The number of benzene rings is 2. The van der Waals surface area contributed by atoms with Crippen LogP contribution in [0.5, 0.6) is 0 Å². The summed E-state index contributed by atoms with van der Waals surface area (Å²) in [6.45, 7) is 3.07. The lowest BCUT2D eigenvalue weighted by molar-refractivity contribution is -0.138. The lowest BCUT2D eigenvalue weighted by atomic mass is 9.65. The number of ketones is 1. The monoisotopic (exact) mass is 447 g/mol. The lowest BCUT2D eigenvalue weighted by Crippen LogP contribution is -2.39. The number of alkyl halides is 3. The number of Topliss-reactive ketones (excluding diaryl/α,β-unsaturated/α-hetero) is 1. The molecular weight excluding hydrogens is 431 g/mol. The van der Waals surface area contributed by atoms with E-state index >= 15 is 0 Å². The third-order valence-electron chi connectivity index (χ3n) is 4.77. The first-order valence-electron chi connectivity index (χ1n) is 8.54. The van der Waals surface area contributed by atoms with Crippen LogP contribution in [0, 0.1) is 6.92 Å². The van der Waals surface area contributed by atoms with Crippen molar-refractivity contribution in [1.29, 1.82) is 0 Å². The molecule has 1 atom stereocenters. The minimum absolute atomic E-state index is 0.0945. The molecule has 0 saturated carbocycles. The van der Waals surface area contributed by atoms with E-state index in [-0.39, 0.29) is 5.56 Å². The maximum atomic E-state index is 13.9. The van der Waals surface area contributed by atoms with E-state index < -0.39 is 22.9 Å². The Balaban J connectivity index is 2.48. The Hall–Kier alpha value is -2.47. The summed E-state index contributed by atoms with van der Waals surface area (Å²) in [7, 11) is 0. The van der Waals surface area contributed by atoms with Crippen LogP contribution in [-0.2, 0) is 16.4 Å². The van der Waals surface area contributed by atoms with Gasteiger partial charge in [-0.25, -0.2) is 0 Å². The molecule has 0 aliphatic rings. The van der Waals surface area contributed by atoms with Crippen LogP contribution < -0.4 is 0 Å². The first-order valence-corrected chi connectivity index (χ1v) is 9.33. The van der Waals surface area contributed by atoms with Gasteiger partial charge in [-0.2, -0.15) is 13.2 Å². The van der Waals surface area contributed by atoms with Crippen molar-refractivity contribution in [2.75, 3.05) is 0 Å². The highest BCUT2D eigenvalue weighted by Gasteiger charge is 2.47. The van der Waals surface area contributed by atoms with Gasteiger partial charge in [0.15, 0.2) is 0 Å². The Labute approximate surface area is 169 Å². The van der Waals surface area contributed by atoms with E-state index in [1.807, 2.05) is 0 Å². The molecule has 0 aliphatic carbocycles. The van der Waals surface area contributed by atoms with Crippen molar-refractivity contribution in [3.8, 4) is 0 Å². The highest BCUT2D eigenvalue weighted by atomic mass is 79.9. The van der Waals surface area contributed by atoms with Gasteiger partial charge < -0.3 is 0 Å². The topological polar surface area (TPSA) is 30.0 Å². The Bertz CT molecular complexity index is 1010. The van der Waals surface area contributed by atoms with E-state index in [1.54, 1.807) is 43.3 Å². The molecule has 6 heteroatoms. The molecule has 0 radical (unpaired) electrons. The molecule has 2 aromatic carbocycles. The van der Waals surface area contributed by atoms with Crippen molar-refractivity contribution in [2.45, 2.75) is 25.4 Å². The third kappa shape index (κ3) is 3.49. The summed E-state index contributed by atoms with van der Waals surface area (Å²) < 4.78 is 42.4. The van der Waals surface area contributed by atoms with E-state index in [2.05, 4.69) is 20.9 Å². The zero-order valence-electron chi connectivity index (χ0n) is 15.2. The van der Waals surface area contributed by atoms with Gasteiger partial charge in [-0.1, -0.05) is 46.3 Å². The van der Waals surface area contributed by atoms with Gasteiger partial charge in [-0.15, -0.1) is 0 Å². The predicted octanol–water partition coefficient (Wildman–Crippen LogP) is 6.09. The van der Waals surface area contributed by atoms with E-state index in [0.717, 1.165) is 10.5 Å². The summed E-state index contributed by atoms with van der Waals surface area (Å²) >= 11 is 3.34. The van der Waals surface area contributed by atoms with Gasteiger partial charge in [0.1, 0.15) is 11.2 Å². The molecule has 0 bridgehead atoms. The van der Waals surface area contributed by atoms with Gasteiger partial charge in [0, 0.05) is 16.4 Å². The number of pyridine rings is 1. The minimum Gasteiger partial charge on any atom is -0.298 e. The molecule has 2 nitrogen and oxygen atoms in total. The zero-order chi connectivity index (χ0) is 20.5. The Morgan fingerprint density at radius 3 is 2.07 bits per heavy atom. The molecule has 0 N–H and O–H groups in total. The van der Waals surface area contributed by atoms with E-state index in [9.17, 15) is 18.0 Å². The zero-order valence-corrected chi connectivity index (χ0v) is 16.8. The number of carbonyl (C=O) groups excluding carboxylic acids is 1. The number of nitrogens with zero attached hydrogens (tertiary/aromatic N) is 1.